The van der Waals surface area contributed by atoms with Gasteiger partial charge in [-0.05, 0) is 22.1 Å². The molecule has 0 fully saturated rings. The molecule has 1 atom stereocenters. The maximum atomic E-state index is 11.8. The summed E-state index contributed by atoms with van der Waals surface area (Å²) < 4.78 is 0. The molecule has 2 rings (SSSR count). The van der Waals surface area contributed by atoms with Gasteiger partial charge >= 0.3 is 0 Å². The van der Waals surface area contributed by atoms with Crippen LogP contribution in [0.2, 0.25) is 0 Å². The molecule has 4 heteroatoms. The molecular formula is C19H22N2O2. The first-order valence-corrected chi connectivity index (χ1v) is 7.54. The fourth-order valence-electron chi connectivity index (χ4n) is 2.09. The largest absolute Gasteiger partial charge is 0.378 e. The van der Waals surface area contributed by atoms with Gasteiger partial charge in [0.25, 0.3) is 5.91 Å². The van der Waals surface area contributed by atoms with Crippen LogP contribution in [-0.4, -0.2) is 17.2 Å². The lowest BCUT2D eigenvalue weighted by atomic mass is 9.87. The topological polar surface area (TPSA) is 61.7 Å². The van der Waals surface area contributed by atoms with E-state index in [2.05, 4.69) is 31.3 Å². The van der Waals surface area contributed by atoms with E-state index < -0.39 is 12.0 Å². The lowest BCUT2D eigenvalue weighted by molar-refractivity contribution is -0.129. The van der Waals surface area contributed by atoms with Crippen LogP contribution >= 0.6 is 0 Å². The summed E-state index contributed by atoms with van der Waals surface area (Å²) in [7, 11) is 0. The molecule has 120 valence electrons. The third-order valence-corrected chi connectivity index (χ3v) is 3.53. The monoisotopic (exact) mass is 310 g/mol. The summed E-state index contributed by atoms with van der Waals surface area (Å²) in [5, 5.41) is 13.8. The second kappa shape index (κ2) is 7.20. The average molecular weight is 310 g/mol. The van der Waals surface area contributed by atoms with Crippen LogP contribution in [-0.2, 0) is 10.2 Å². The molecule has 0 heterocycles. The van der Waals surface area contributed by atoms with E-state index in [0.29, 0.717) is 5.56 Å². The van der Waals surface area contributed by atoms with E-state index in [-0.39, 0.29) is 5.41 Å². The van der Waals surface area contributed by atoms with Crippen LogP contribution in [0.4, 0.5) is 0 Å². The average Bonchev–Trinajstić information content (AvgIpc) is 2.54. The zero-order valence-electron chi connectivity index (χ0n) is 13.7. The van der Waals surface area contributed by atoms with E-state index in [4.69, 9.17) is 0 Å². The van der Waals surface area contributed by atoms with Gasteiger partial charge < -0.3 is 5.11 Å². The van der Waals surface area contributed by atoms with E-state index in [0.717, 1.165) is 5.56 Å². The van der Waals surface area contributed by atoms with Crippen molar-refractivity contribution in [3.05, 3.63) is 71.3 Å². The van der Waals surface area contributed by atoms with Crippen molar-refractivity contribution < 1.29 is 9.90 Å². The molecule has 0 aliphatic carbocycles. The number of benzene rings is 2. The highest BCUT2D eigenvalue weighted by atomic mass is 16.3. The first-order valence-electron chi connectivity index (χ1n) is 7.54. The Bertz CT molecular complexity index is 671. The Balaban J connectivity index is 1.95. The standard InChI is InChI=1S/C19H22N2O2/c1-19(2,3)16-11-9-14(10-12-16)13-20-21-18(23)17(22)15-7-5-4-6-8-15/h4-13,17,22H,1-3H3,(H,21,23)/b20-13-/t17-/m0/s1. The lowest BCUT2D eigenvalue weighted by Gasteiger charge is -2.18. The Hall–Kier alpha value is -2.46. The smallest absolute Gasteiger partial charge is 0.273 e. The minimum absolute atomic E-state index is 0.101. The third-order valence-electron chi connectivity index (χ3n) is 3.53. The Morgan fingerprint density at radius 1 is 1.09 bits per heavy atom. The predicted octanol–water partition coefficient (Wildman–Crippen LogP) is 3.17. The van der Waals surface area contributed by atoms with E-state index in [1.54, 1.807) is 30.5 Å². The molecule has 0 saturated carbocycles. The first kappa shape index (κ1) is 16.9. The summed E-state index contributed by atoms with van der Waals surface area (Å²) in [4.78, 5) is 11.8. The molecule has 2 N–H and O–H groups in total. The second-order valence-corrected chi connectivity index (χ2v) is 6.42. The number of aliphatic hydroxyl groups excluding tert-OH is 1. The number of aliphatic hydroxyl groups is 1. The molecule has 0 aromatic heterocycles. The minimum atomic E-state index is -1.23. The van der Waals surface area contributed by atoms with Crippen molar-refractivity contribution in [2.75, 3.05) is 0 Å². The van der Waals surface area contributed by atoms with Crippen LogP contribution in [0.25, 0.3) is 0 Å². The number of hydrazone groups is 1. The lowest BCUT2D eigenvalue weighted by Crippen LogP contribution is -2.25. The Kier molecular flexibility index (Phi) is 5.29. The molecule has 4 nitrogen and oxygen atoms in total. The van der Waals surface area contributed by atoms with E-state index in [1.807, 2.05) is 30.3 Å². The van der Waals surface area contributed by atoms with Gasteiger partial charge in [-0.1, -0.05) is 75.4 Å². The summed E-state index contributed by atoms with van der Waals surface area (Å²) in [5.41, 5.74) is 5.11. The van der Waals surface area contributed by atoms with Gasteiger partial charge in [0.15, 0.2) is 6.10 Å². The van der Waals surface area contributed by atoms with Crippen LogP contribution in [0.1, 0.15) is 43.6 Å². The van der Waals surface area contributed by atoms with Gasteiger partial charge in [0, 0.05) is 0 Å². The maximum Gasteiger partial charge on any atom is 0.273 e. The van der Waals surface area contributed by atoms with Crippen molar-refractivity contribution in [1.82, 2.24) is 5.43 Å². The van der Waals surface area contributed by atoms with Gasteiger partial charge in [0.05, 0.1) is 6.21 Å². The van der Waals surface area contributed by atoms with Crippen molar-refractivity contribution >= 4 is 12.1 Å². The molecule has 0 aliphatic heterocycles. The number of carbonyl (C=O) groups excluding carboxylic acids is 1. The highest BCUT2D eigenvalue weighted by molar-refractivity contribution is 5.85. The molecular weight excluding hydrogens is 288 g/mol. The van der Waals surface area contributed by atoms with Crippen LogP contribution < -0.4 is 5.43 Å². The highest BCUT2D eigenvalue weighted by Gasteiger charge is 2.16. The first-order chi connectivity index (χ1) is 10.9. The van der Waals surface area contributed by atoms with Gasteiger partial charge in [-0.15, -0.1) is 0 Å². The van der Waals surface area contributed by atoms with Crippen molar-refractivity contribution in [2.45, 2.75) is 32.3 Å². The quantitative estimate of drug-likeness (QED) is 0.673. The van der Waals surface area contributed by atoms with Crippen molar-refractivity contribution in [3.63, 3.8) is 0 Å². The summed E-state index contributed by atoms with van der Waals surface area (Å²) in [6.07, 6.45) is 0.332. The summed E-state index contributed by atoms with van der Waals surface area (Å²) >= 11 is 0. The van der Waals surface area contributed by atoms with Crippen LogP contribution in [0.15, 0.2) is 59.7 Å². The van der Waals surface area contributed by atoms with Crippen LogP contribution in [0, 0.1) is 0 Å². The number of rotatable bonds is 4. The number of nitrogens with one attached hydrogen (secondary N) is 1. The number of hydrogen-bond acceptors (Lipinski definition) is 3. The Morgan fingerprint density at radius 3 is 2.26 bits per heavy atom. The second-order valence-electron chi connectivity index (χ2n) is 6.42. The third kappa shape index (κ3) is 4.76. The van der Waals surface area contributed by atoms with Gasteiger partial charge in [0.2, 0.25) is 0 Å². The zero-order valence-corrected chi connectivity index (χ0v) is 13.7. The van der Waals surface area contributed by atoms with Crippen molar-refractivity contribution in [2.24, 2.45) is 5.10 Å². The Morgan fingerprint density at radius 2 is 1.70 bits per heavy atom. The predicted molar refractivity (Wildman–Crippen MR) is 92.3 cm³/mol. The fourth-order valence-corrected chi connectivity index (χ4v) is 2.09. The fraction of sp³-hybridized carbons (Fsp3) is 0.263. The van der Waals surface area contributed by atoms with Crippen LogP contribution in [0.5, 0.6) is 0 Å². The van der Waals surface area contributed by atoms with Gasteiger partial charge in [0.1, 0.15) is 0 Å². The van der Waals surface area contributed by atoms with E-state index in [1.165, 1.54) is 5.56 Å². The number of hydrogen-bond donors (Lipinski definition) is 2. The molecule has 1 amide bonds. The molecule has 0 unspecified atom stereocenters. The molecule has 0 bridgehead atoms. The summed E-state index contributed by atoms with van der Waals surface area (Å²) in [6, 6.07) is 16.7. The number of nitrogens with zero attached hydrogens (tertiary/aromatic N) is 1. The minimum Gasteiger partial charge on any atom is -0.378 e. The van der Waals surface area contributed by atoms with Crippen LogP contribution in [0.3, 0.4) is 0 Å². The molecule has 0 spiro atoms. The van der Waals surface area contributed by atoms with E-state index >= 15 is 0 Å². The summed E-state index contributed by atoms with van der Waals surface area (Å²) in [6.45, 7) is 6.46. The highest BCUT2D eigenvalue weighted by Crippen LogP contribution is 2.21. The Labute approximate surface area is 136 Å². The zero-order chi connectivity index (χ0) is 16.9. The maximum absolute atomic E-state index is 11.8. The number of carbonyl (C=O) groups is 1. The van der Waals surface area contributed by atoms with Gasteiger partial charge in [-0.3, -0.25) is 4.79 Å². The molecule has 0 radical (unpaired) electrons. The van der Waals surface area contributed by atoms with Crippen molar-refractivity contribution in [3.8, 4) is 0 Å². The van der Waals surface area contributed by atoms with Crippen molar-refractivity contribution in [1.29, 1.82) is 0 Å². The molecule has 2 aromatic carbocycles. The normalized spacial score (nSPS) is 13.0. The molecule has 0 saturated heterocycles. The molecule has 0 aliphatic rings. The number of amides is 1. The van der Waals surface area contributed by atoms with E-state index in [9.17, 15) is 9.90 Å². The molecule has 23 heavy (non-hydrogen) atoms. The van der Waals surface area contributed by atoms with Gasteiger partial charge in [-0.2, -0.15) is 5.10 Å². The van der Waals surface area contributed by atoms with Gasteiger partial charge in [-0.25, -0.2) is 5.43 Å². The SMILES string of the molecule is CC(C)(C)c1ccc(/C=N\NC(=O)[C@@H](O)c2ccccc2)cc1. The summed E-state index contributed by atoms with van der Waals surface area (Å²) in [5.74, 6) is -0.557. The molecule has 2 aromatic rings.